The van der Waals surface area contributed by atoms with E-state index in [0.29, 0.717) is 6.54 Å². The number of carbonyl (C=O) groups excluding carboxylic acids is 2. The highest BCUT2D eigenvalue weighted by molar-refractivity contribution is 7.81. The van der Waals surface area contributed by atoms with Gasteiger partial charge in [0.1, 0.15) is 17.6 Å². The van der Waals surface area contributed by atoms with Crippen molar-refractivity contribution in [3.05, 3.63) is 30.1 Å². The average molecular weight is 471 g/mol. The number of phenolic OH excluding ortho intramolecular Hbond substituents is 1. The van der Waals surface area contributed by atoms with E-state index in [9.17, 15) is 18.2 Å². The first-order chi connectivity index (χ1) is 15.1. The molecular weight excluding hydrogens is 435 g/mol. The Morgan fingerprint density at radius 2 is 1.72 bits per heavy atom. The van der Waals surface area contributed by atoms with Crippen molar-refractivity contribution in [1.82, 2.24) is 19.8 Å². The Hall–Kier alpha value is -2.04. The molecule has 2 aliphatic rings. The van der Waals surface area contributed by atoms with Gasteiger partial charge in [0.25, 0.3) is 0 Å². The Balaban J connectivity index is 0.000000380. The number of nitrogens with zero attached hydrogens (tertiary/aromatic N) is 2. The lowest BCUT2D eigenvalue weighted by molar-refractivity contribution is -0.138. The molecule has 0 radical (unpaired) electrons. The second kappa shape index (κ2) is 11.7. The van der Waals surface area contributed by atoms with Gasteiger partial charge in [-0.25, -0.2) is 12.9 Å². The third kappa shape index (κ3) is 6.49. The number of phenols is 1. The molecule has 180 valence electrons. The summed E-state index contributed by atoms with van der Waals surface area (Å²) in [4.78, 5) is 27.1. The fraction of sp³-hybridized carbons (Fsp3) is 0.636. The highest BCUT2D eigenvalue weighted by atomic mass is 32.2. The van der Waals surface area contributed by atoms with E-state index in [1.165, 1.54) is 24.3 Å². The molecule has 8 nitrogen and oxygen atoms in total. The number of likely N-dealkylation sites (tertiary alicyclic amines) is 1. The zero-order valence-electron chi connectivity index (χ0n) is 19.4. The van der Waals surface area contributed by atoms with Crippen LogP contribution in [0.5, 0.6) is 5.75 Å². The standard InChI is InChI=1S/C16H30N4O3S.C6H5FO/c1-10(2)14(18-15(21)11(3)17-4)16(22)19-8-6-13-12(19)7-9-20(13)24(5)23;7-5-1-3-6(8)4-2-5/h10-14,17H,6-9H2,1-5H3,(H,18,21);1-4,8H/t11-,12?,13?,14?,24?;/m0./s1. The maximum absolute atomic E-state index is 13.0. The third-order valence-corrected chi connectivity index (χ3v) is 7.14. The molecule has 3 N–H and O–H groups in total. The van der Waals surface area contributed by atoms with Crippen LogP contribution in [0.3, 0.4) is 0 Å². The molecule has 3 rings (SSSR count). The van der Waals surface area contributed by atoms with Crippen molar-refractivity contribution in [2.75, 3.05) is 26.4 Å². The largest absolute Gasteiger partial charge is 0.508 e. The van der Waals surface area contributed by atoms with Crippen LogP contribution in [0.15, 0.2) is 24.3 Å². The number of aromatic hydroxyl groups is 1. The number of rotatable bonds is 6. The first kappa shape index (κ1) is 26.2. The number of nitrogens with one attached hydrogen (secondary N) is 2. The Morgan fingerprint density at radius 3 is 2.22 bits per heavy atom. The van der Waals surface area contributed by atoms with Crippen molar-refractivity contribution in [2.45, 2.75) is 57.8 Å². The molecule has 1 aromatic rings. The van der Waals surface area contributed by atoms with E-state index in [1.807, 2.05) is 23.1 Å². The van der Waals surface area contributed by atoms with E-state index in [0.717, 1.165) is 19.4 Å². The summed E-state index contributed by atoms with van der Waals surface area (Å²) in [7, 11) is 0.723. The van der Waals surface area contributed by atoms with Crippen LogP contribution in [0.2, 0.25) is 0 Å². The van der Waals surface area contributed by atoms with Gasteiger partial charge in [-0.2, -0.15) is 0 Å². The summed E-state index contributed by atoms with van der Waals surface area (Å²) < 4.78 is 25.8. The summed E-state index contributed by atoms with van der Waals surface area (Å²) in [5.41, 5.74) is 0. The van der Waals surface area contributed by atoms with Crippen LogP contribution in [0.25, 0.3) is 0 Å². The zero-order chi connectivity index (χ0) is 24.0. The average Bonchev–Trinajstić information content (AvgIpc) is 3.35. The van der Waals surface area contributed by atoms with Gasteiger partial charge in [-0.1, -0.05) is 13.8 Å². The molecule has 2 fully saturated rings. The molecule has 2 heterocycles. The van der Waals surface area contributed by atoms with Gasteiger partial charge in [-0.3, -0.25) is 9.59 Å². The molecular formula is C22H35FN4O4S. The fourth-order valence-corrected chi connectivity index (χ4v) is 5.07. The molecule has 0 aromatic heterocycles. The van der Waals surface area contributed by atoms with Gasteiger partial charge in [-0.15, -0.1) is 0 Å². The number of hydrogen-bond acceptors (Lipinski definition) is 5. The maximum Gasteiger partial charge on any atom is 0.245 e. The number of hydrogen-bond donors (Lipinski definition) is 3. The predicted octanol–water partition coefficient (Wildman–Crippen LogP) is 1.24. The topological polar surface area (TPSA) is 102 Å². The molecule has 5 atom stereocenters. The van der Waals surface area contributed by atoms with E-state index in [-0.39, 0.29) is 47.4 Å². The van der Waals surface area contributed by atoms with Gasteiger partial charge in [0.2, 0.25) is 11.8 Å². The Morgan fingerprint density at radius 1 is 1.12 bits per heavy atom. The summed E-state index contributed by atoms with van der Waals surface area (Å²) in [5.74, 6) is -0.405. The van der Waals surface area contributed by atoms with E-state index >= 15 is 0 Å². The van der Waals surface area contributed by atoms with Gasteiger partial charge in [0.05, 0.1) is 17.0 Å². The molecule has 2 saturated heterocycles. The number of halogens is 1. The Labute approximate surface area is 192 Å². The second-order valence-corrected chi connectivity index (χ2v) is 9.84. The maximum atomic E-state index is 13.0. The van der Waals surface area contributed by atoms with Crippen molar-refractivity contribution in [2.24, 2.45) is 5.92 Å². The van der Waals surface area contributed by atoms with Crippen molar-refractivity contribution in [3.8, 4) is 5.75 Å². The molecule has 0 aliphatic carbocycles. The normalized spacial score (nSPS) is 23.2. The highest BCUT2D eigenvalue weighted by Gasteiger charge is 2.47. The quantitative estimate of drug-likeness (QED) is 0.581. The van der Waals surface area contributed by atoms with Crippen LogP contribution in [-0.4, -0.2) is 80.9 Å². The lowest BCUT2D eigenvalue weighted by atomic mass is 10.0. The van der Waals surface area contributed by atoms with Crippen LogP contribution < -0.4 is 10.6 Å². The van der Waals surface area contributed by atoms with Crippen LogP contribution in [0.4, 0.5) is 4.39 Å². The number of amides is 2. The van der Waals surface area contributed by atoms with Crippen LogP contribution >= 0.6 is 0 Å². The zero-order valence-corrected chi connectivity index (χ0v) is 20.2. The van der Waals surface area contributed by atoms with Crippen molar-refractivity contribution >= 4 is 22.8 Å². The van der Waals surface area contributed by atoms with E-state index in [2.05, 4.69) is 10.6 Å². The SMILES string of the molecule is CN[C@@H](C)C(=O)NC(C(=O)N1CCC2C1CCN2S(C)=O)C(C)C.Oc1ccc(F)cc1. The molecule has 0 saturated carbocycles. The van der Waals surface area contributed by atoms with Crippen molar-refractivity contribution in [1.29, 1.82) is 0 Å². The summed E-state index contributed by atoms with van der Waals surface area (Å²) in [6.07, 6.45) is 3.40. The molecule has 1 aromatic carbocycles. The summed E-state index contributed by atoms with van der Waals surface area (Å²) in [6, 6.07) is 4.44. The molecule has 0 spiro atoms. The van der Waals surface area contributed by atoms with Gasteiger partial charge in [0.15, 0.2) is 0 Å². The summed E-state index contributed by atoms with van der Waals surface area (Å²) >= 11 is 0. The first-order valence-electron chi connectivity index (χ1n) is 10.9. The minimum absolute atomic E-state index is 0.0158. The van der Waals surface area contributed by atoms with Crippen LogP contribution in [0, 0.1) is 11.7 Å². The third-order valence-electron chi connectivity index (χ3n) is 6.02. The number of likely N-dealkylation sites (N-methyl/N-ethyl adjacent to an activating group) is 1. The number of carbonyl (C=O) groups is 2. The number of fused-ring (bicyclic) bond motifs is 1. The minimum atomic E-state index is -0.998. The molecule has 2 aliphatic heterocycles. The molecule has 2 amide bonds. The van der Waals surface area contributed by atoms with Gasteiger partial charge < -0.3 is 20.6 Å². The second-order valence-electron chi connectivity index (χ2n) is 8.53. The van der Waals surface area contributed by atoms with E-state index in [1.54, 1.807) is 20.2 Å². The van der Waals surface area contributed by atoms with Crippen LogP contribution in [0.1, 0.15) is 33.6 Å². The Kier molecular flexibility index (Phi) is 9.60. The first-order valence-corrected chi connectivity index (χ1v) is 12.4. The summed E-state index contributed by atoms with van der Waals surface area (Å²) in [5, 5.41) is 14.4. The molecule has 10 heteroatoms. The molecule has 0 bridgehead atoms. The van der Waals surface area contributed by atoms with Crippen LogP contribution in [-0.2, 0) is 20.6 Å². The van der Waals surface area contributed by atoms with Gasteiger partial charge in [-0.05, 0) is 57.0 Å². The van der Waals surface area contributed by atoms with E-state index in [4.69, 9.17) is 5.11 Å². The van der Waals surface area contributed by atoms with E-state index < -0.39 is 17.0 Å². The van der Waals surface area contributed by atoms with Gasteiger partial charge >= 0.3 is 0 Å². The van der Waals surface area contributed by atoms with Crippen molar-refractivity contribution in [3.63, 3.8) is 0 Å². The lowest BCUT2D eigenvalue weighted by Gasteiger charge is -2.31. The van der Waals surface area contributed by atoms with Gasteiger partial charge in [0, 0.05) is 31.4 Å². The smallest absolute Gasteiger partial charge is 0.245 e. The summed E-state index contributed by atoms with van der Waals surface area (Å²) in [6.45, 7) is 7.10. The fourth-order valence-electron chi connectivity index (χ4n) is 4.08. The van der Waals surface area contributed by atoms with Crippen molar-refractivity contribution < 1.29 is 23.3 Å². The minimum Gasteiger partial charge on any atom is -0.508 e. The monoisotopic (exact) mass is 470 g/mol. The predicted molar refractivity (Wildman–Crippen MR) is 123 cm³/mol. The highest BCUT2D eigenvalue weighted by Crippen LogP contribution is 2.33. The number of benzene rings is 1. The lowest BCUT2D eigenvalue weighted by Crippen LogP contribution is -2.55. The Bertz CT molecular complexity index is 787. The molecule has 32 heavy (non-hydrogen) atoms. The molecule has 4 unspecified atom stereocenters.